The van der Waals surface area contributed by atoms with Crippen LogP contribution in [0.2, 0.25) is 5.02 Å². The van der Waals surface area contributed by atoms with E-state index < -0.39 is 0 Å². The largest absolute Gasteiger partial charge is 0.316 e. The number of nitriles is 1. The molecule has 0 unspecified atom stereocenters. The van der Waals surface area contributed by atoms with Crippen LogP contribution < -0.4 is 0 Å². The molecule has 0 atom stereocenters. The van der Waals surface area contributed by atoms with Crippen molar-refractivity contribution in [2.45, 2.75) is 6.42 Å². The molecule has 2 aromatic heterocycles. The van der Waals surface area contributed by atoms with E-state index in [1.807, 2.05) is 47.0 Å². The fourth-order valence-electron chi connectivity index (χ4n) is 2.19. The molecule has 3 rings (SSSR count). The topological polar surface area (TPSA) is 41.1 Å². The summed E-state index contributed by atoms with van der Waals surface area (Å²) in [6, 6.07) is 13.7. The predicted octanol–water partition coefficient (Wildman–Crippen LogP) is 3.72. The van der Waals surface area contributed by atoms with E-state index in [4.69, 9.17) is 16.9 Å². The summed E-state index contributed by atoms with van der Waals surface area (Å²) in [6.07, 6.45) is 3.97. The molecule has 0 N–H and O–H groups in total. The molecule has 0 saturated heterocycles. The first-order valence-corrected chi connectivity index (χ1v) is 6.26. The van der Waals surface area contributed by atoms with Gasteiger partial charge in [-0.05, 0) is 18.2 Å². The normalized spacial score (nSPS) is 10.5. The van der Waals surface area contributed by atoms with Crippen LogP contribution in [-0.2, 0) is 6.42 Å². The van der Waals surface area contributed by atoms with Gasteiger partial charge < -0.3 is 4.40 Å². The van der Waals surface area contributed by atoms with Gasteiger partial charge in [0.1, 0.15) is 0 Å². The van der Waals surface area contributed by atoms with Crippen LogP contribution in [0.25, 0.3) is 16.8 Å². The van der Waals surface area contributed by atoms with Crippen LogP contribution in [0.3, 0.4) is 0 Å². The third-order valence-corrected chi connectivity index (χ3v) is 3.38. The van der Waals surface area contributed by atoms with Crippen LogP contribution in [0.5, 0.6) is 0 Å². The molecule has 4 heteroatoms. The van der Waals surface area contributed by atoms with Crippen LogP contribution in [0.4, 0.5) is 0 Å². The van der Waals surface area contributed by atoms with E-state index in [2.05, 4.69) is 11.1 Å². The predicted molar refractivity (Wildman–Crippen MR) is 75.0 cm³/mol. The molecule has 0 fully saturated rings. The highest BCUT2D eigenvalue weighted by Gasteiger charge is 2.10. The molecule has 0 aliphatic rings. The number of nitrogens with zero attached hydrogens (tertiary/aromatic N) is 3. The van der Waals surface area contributed by atoms with Gasteiger partial charge in [0.25, 0.3) is 0 Å². The van der Waals surface area contributed by atoms with Gasteiger partial charge in [0.15, 0.2) is 0 Å². The second-order valence-corrected chi connectivity index (χ2v) is 4.58. The van der Waals surface area contributed by atoms with Crippen molar-refractivity contribution in [3.63, 3.8) is 0 Å². The van der Waals surface area contributed by atoms with Gasteiger partial charge >= 0.3 is 0 Å². The lowest BCUT2D eigenvalue weighted by atomic mass is 10.1. The molecule has 0 spiro atoms. The van der Waals surface area contributed by atoms with Crippen LogP contribution in [0.15, 0.2) is 48.8 Å². The van der Waals surface area contributed by atoms with Crippen molar-refractivity contribution in [1.82, 2.24) is 9.38 Å². The zero-order valence-corrected chi connectivity index (χ0v) is 10.8. The van der Waals surface area contributed by atoms with Gasteiger partial charge in [0.2, 0.25) is 0 Å². The molecule has 1 aromatic carbocycles. The average molecular weight is 268 g/mol. The van der Waals surface area contributed by atoms with Crippen LogP contribution in [0.1, 0.15) is 5.69 Å². The molecule has 92 valence electrons. The molecule has 0 radical (unpaired) electrons. The fraction of sp³-hybridized carbons (Fsp3) is 0.0667. The molecule has 3 aromatic rings. The lowest BCUT2D eigenvalue weighted by molar-refractivity contribution is 1.04. The maximum Gasteiger partial charge on any atom is 0.0957 e. The van der Waals surface area contributed by atoms with Crippen LogP contribution >= 0.6 is 11.6 Å². The SMILES string of the molecule is N#CCc1ccc2c(-c3ccccc3Cl)nccn12. The van der Waals surface area contributed by atoms with Crippen molar-refractivity contribution in [2.24, 2.45) is 0 Å². The number of halogens is 1. The fourth-order valence-corrected chi connectivity index (χ4v) is 2.41. The summed E-state index contributed by atoms with van der Waals surface area (Å²) >= 11 is 6.23. The molecule has 0 bridgehead atoms. The van der Waals surface area contributed by atoms with E-state index in [1.54, 1.807) is 6.20 Å². The Hall–Kier alpha value is -2.31. The Kier molecular flexibility index (Phi) is 2.94. The summed E-state index contributed by atoms with van der Waals surface area (Å²) in [6.45, 7) is 0. The van der Waals surface area contributed by atoms with E-state index >= 15 is 0 Å². The van der Waals surface area contributed by atoms with Gasteiger partial charge in [-0.15, -0.1) is 0 Å². The summed E-state index contributed by atoms with van der Waals surface area (Å²) in [5.74, 6) is 0. The second-order valence-electron chi connectivity index (χ2n) is 4.17. The lowest BCUT2D eigenvalue weighted by Gasteiger charge is -2.06. The van der Waals surface area contributed by atoms with Crippen molar-refractivity contribution in [2.75, 3.05) is 0 Å². The number of fused-ring (bicyclic) bond motifs is 1. The number of aromatic nitrogens is 2. The molecule has 0 saturated carbocycles. The minimum Gasteiger partial charge on any atom is -0.316 e. The van der Waals surface area contributed by atoms with Crippen molar-refractivity contribution in [1.29, 1.82) is 5.26 Å². The Morgan fingerprint density at radius 1 is 1.21 bits per heavy atom. The quantitative estimate of drug-likeness (QED) is 0.710. The minimum atomic E-state index is 0.375. The Balaban J connectivity index is 2.26. The zero-order chi connectivity index (χ0) is 13.2. The molecule has 0 aliphatic heterocycles. The summed E-state index contributed by atoms with van der Waals surface area (Å²) < 4.78 is 1.98. The van der Waals surface area contributed by atoms with Gasteiger partial charge in [-0.25, -0.2) is 0 Å². The van der Waals surface area contributed by atoms with Gasteiger partial charge in [-0.3, -0.25) is 4.98 Å². The monoisotopic (exact) mass is 267 g/mol. The molecular formula is C15H10ClN3. The number of benzene rings is 1. The zero-order valence-electron chi connectivity index (χ0n) is 10.0. The van der Waals surface area contributed by atoms with E-state index in [0.29, 0.717) is 11.4 Å². The Morgan fingerprint density at radius 2 is 2.05 bits per heavy atom. The first kappa shape index (κ1) is 11.8. The van der Waals surface area contributed by atoms with Gasteiger partial charge in [0, 0.05) is 23.7 Å². The first-order valence-electron chi connectivity index (χ1n) is 5.88. The lowest BCUT2D eigenvalue weighted by Crippen LogP contribution is -1.95. The maximum absolute atomic E-state index is 8.83. The molecular weight excluding hydrogens is 258 g/mol. The van der Waals surface area contributed by atoms with Gasteiger partial charge in [0.05, 0.1) is 28.7 Å². The average Bonchev–Trinajstić information content (AvgIpc) is 2.83. The second kappa shape index (κ2) is 4.75. The Labute approximate surface area is 115 Å². The number of hydrogen-bond donors (Lipinski definition) is 0. The maximum atomic E-state index is 8.83. The highest BCUT2D eigenvalue weighted by atomic mass is 35.5. The number of rotatable bonds is 2. The van der Waals surface area contributed by atoms with Crippen molar-refractivity contribution >= 4 is 17.1 Å². The third-order valence-electron chi connectivity index (χ3n) is 3.05. The van der Waals surface area contributed by atoms with Gasteiger partial charge in [-0.2, -0.15) is 5.26 Å². The smallest absolute Gasteiger partial charge is 0.0957 e. The van der Waals surface area contributed by atoms with E-state index in [-0.39, 0.29) is 0 Å². The summed E-state index contributed by atoms with van der Waals surface area (Å²) in [7, 11) is 0. The molecule has 19 heavy (non-hydrogen) atoms. The van der Waals surface area contributed by atoms with E-state index in [1.165, 1.54) is 0 Å². The summed E-state index contributed by atoms with van der Waals surface area (Å²) in [5, 5.41) is 9.50. The molecule has 3 nitrogen and oxygen atoms in total. The molecule has 0 amide bonds. The number of hydrogen-bond acceptors (Lipinski definition) is 2. The minimum absolute atomic E-state index is 0.375. The van der Waals surface area contributed by atoms with Crippen LogP contribution in [0, 0.1) is 11.3 Å². The van der Waals surface area contributed by atoms with Crippen molar-refractivity contribution < 1.29 is 0 Å². The third kappa shape index (κ3) is 1.96. The first-order chi connectivity index (χ1) is 9.31. The molecule has 2 heterocycles. The summed E-state index contributed by atoms with van der Waals surface area (Å²) in [5.41, 5.74) is 3.64. The van der Waals surface area contributed by atoms with Crippen molar-refractivity contribution in [3.05, 3.63) is 59.5 Å². The highest BCUT2D eigenvalue weighted by molar-refractivity contribution is 6.33. The molecule has 0 aliphatic carbocycles. The Bertz CT molecular complexity index is 783. The summed E-state index contributed by atoms with van der Waals surface area (Å²) in [4.78, 5) is 4.42. The van der Waals surface area contributed by atoms with E-state index in [0.717, 1.165) is 22.5 Å². The van der Waals surface area contributed by atoms with Crippen molar-refractivity contribution in [3.8, 4) is 17.3 Å². The van der Waals surface area contributed by atoms with E-state index in [9.17, 15) is 0 Å². The van der Waals surface area contributed by atoms with Crippen LogP contribution in [-0.4, -0.2) is 9.38 Å². The van der Waals surface area contributed by atoms with Gasteiger partial charge in [-0.1, -0.05) is 29.8 Å². The standard InChI is InChI=1S/C15H10ClN3/c16-13-4-2-1-3-12(13)15-14-6-5-11(7-8-17)19(14)10-9-18-15/h1-6,9-10H,7H2. The Morgan fingerprint density at radius 3 is 2.84 bits per heavy atom. The highest BCUT2D eigenvalue weighted by Crippen LogP contribution is 2.29.